The highest BCUT2D eigenvalue weighted by molar-refractivity contribution is 5.28. The van der Waals surface area contributed by atoms with Gasteiger partial charge in [0.05, 0.1) is 5.56 Å². The molecule has 2 bridgehead atoms. The summed E-state index contributed by atoms with van der Waals surface area (Å²) in [5, 5.41) is 10.2. The molecule has 3 fully saturated rings. The van der Waals surface area contributed by atoms with Crippen molar-refractivity contribution in [2.75, 3.05) is 0 Å². The monoisotopic (exact) mass is 274 g/mol. The average molecular weight is 274 g/mol. The second-order valence-electron chi connectivity index (χ2n) is 6.95. The Hall–Kier alpha value is -1.32. The molecule has 3 aliphatic carbocycles. The van der Waals surface area contributed by atoms with Crippen LogP contribution in [-0.2, 0) is 0 Å². The van der Waals surface area contributed by atoms with Gasteiger partial charge in [0.1, 0.15) is 5.82 Å². The Kier molecular flexibility index (Phi) is 2.86. The largest absolute Gasteiger partial charge is 0.493 e. The summed E-state index contributed by atoms with van der Waals surface area (Å²) >= 11 is 0. The molecule has 0 amide bonds. The van der Waals surface area contributed by atoms with Crippen molar-refractivity contribution >= 4 is 0 Å². The van der Waals surface area contributed by atoms with Gasteiger partial charge in [0.15, 0.2) is 0 Å². The molecule has 3 unspecified atom stereocenters. The van der Waals surface area contributed by atoms with Crippen molar-refractivity contribution in [2.45, 2.75) is 63.2 Å². The molecule has 1 aromatic rings. The first kappa shape index (κ1) is 12.4. The lowest BCUT2D eigenvalue weighted by atomic mass is 9.88. The van der Waals surface area contributed by atoms with E-state index in [9.17, 15) is 9.90 Å². The van der Waals surface area contributed by atoms with Crippen LogP contribution in [-0.4, -0.2) is 15.1 Å². The predicted molar refractivity (Wildman–Crippen MR) is 75.9 cm³/mol. The van der Waals surface area contributed by atoms with Gasteiger partial charge in [-0.25, -0.2) is 0 Å². The summed E-state index contributed by atoms with van der Waals surface area (Å²) in [5.41, 5.74) is 0.441. The number of rotatable bonds is 2. The van der Waals surface area contributed by atoms with Crippen molar-refractivity contribution < 1.29 is 5.11 Å². The Morgan fingerprint density at radius 3 is 2.50 bits per heavy atom. The van der Waals surface area contributed by atoms with E-state index in [1.165, 1.54) is 19.3 Å². The van der Waals surface area contributed by atoms with E-state index in [0.29, 0.717) is 17.4 Å². The third-order valence-corrected chi connectivity index (χ3v) is 5.81. The fourth-order valence-electron chi connectivity index (χ4n) is 4.83. The zero-order chi connectivity index (χ0) is 13.7. The highest BCUT2D eigenvalue weighted by Gasteiger charge is 2.41. The lowest BCUT2D eigenvalue weighted by molar-refractivity contribution is 0.387. The number of nitrogens with zero attached hydrogens (tertiary/aromatic N) is 1. The fourth-order valence-corrected chi connectivity index (χ4v) is 4.83. The van der Waals surface area contributed by atoms with Gasteiger partial charge in [0.2, 0.25) is 5.88 Å². The Morgan fingerprint density at radius 1 is 1.10 bits per heavy atom. The van der Waals surface area contributed by atoms with E-state index < -0.39 is 0 Å². The molecule has 3 aliphatic rings. The molecule has 1 heterocycles. The number of hydrogen-bond acceptors (Lipinski definition) is 3. The van der Waals surface area contributed by atoms with Crippen LogP contribution in [0.2, 0.25) is 0 Å². The normalized spacial score (nSPS) is 33.1. The van der Waals surface area contributed by atoms with Gasteiger partial charge >= 0.3 is 0 Å². The molecular formula is C16H22N2O2. The molecule has 4 heteroatoms. The first-order chi connectivity index (χ1) is 9.72. The molecule has 4 rings (SSSR count). The summed E-state index contributed by atoms with van der Waals surface area (Å²) in [6, 6.07) is 0. The van der Waals surface area contributed by atoms with Gasteiger partial charge in [-0.1, -0.05) is 19.3 Å². The van der Waals surface area contributed by atoms with Crippen LogP contribution in [0.4, 0.5) is 0 Å². The first-order valence-electron chi connectivity index (χ1n) is 8.05. The van der Waals surface area contributed by atoms with Gasteiger partial charge in [-0.05, 0) is 49.9 Å². The molecule has 0 aliphatic heterocycles. The number of H-pyrrole nitrogens is 1. The second-order valence-corrected chi connectivity index (χ2v) is 6.95. The predicted octanol–water partition coefficient (Wildman–Crippen LogP) is 3.04. The van der Waals surface area contributed by atoms with Crippen molar-refractivity contribution in [3.63, 3.8) is 0 Å². The molecule has 3 saturated carbocycles. The standard InChI is InChI=1S/C16H22N2O2/c19-15-13(10-3-1-2-4-10)16(20)18-14(17-15)12-8-9-5-6-11(12)7-9/h9-12H,1-8H2,(H2,17,18,19,20). The third kappa shape index (κ3) is 1.88. The molecule has 0 aromatic carbocycles. The number of aromatic hydroxyl groups is 1. The van der Waals surface area contributed by atoms with Gasteiger partial charge in [-0.2, -0.15) is 4.98 Å². The lowest BCUT2D eigenvalue weighted by Gasteiger charge is -2.21. The zero-order valence-electron chi connectivity index (χ0n) is 11.8. The quantitative estimate of drug-likeness (QED) is 0.871. The molecular weight excluding hydrogens is 252 g/mol. The Bertz CT molecular complexity index is 574. The minimum Gasteiger partial charge on any atom is -0.493 e. The van der Waals surface area contributed by atoms with Crippen LogP contribution in [0.5, 0.6) is 5.88 Å². The molecule has 20 heavy (non-hydrogen) atoms. The van der Waals surface area contributed by atoms with Crippen molar-refractivity contribution in [1.82, 2.24) is 9.97 Å². The highest BCUT2D eigenvalue weighted by atomic mass is 16.3. The van der Waals surface area contributed by atoms with Crippen molar-refractivity contribution in [3.05, 3.63) is 21.7 Å². The minimum absolute atomic E-state index is 0.00146. The van der Waals surface area contributed by atoms with E-state index in [1.54, 1.807) is 0 Å². The third-order valence-electron chi connectivity index (χ3n) is 5.81. The summed E-state index contributed by atoms with van der Waals surface area (Å²) in [7, 11) is 0. The van der Waals surface area contributed by atoms with Gasteiger partial charge in [-0.3, -0.25) is 4.79 Å². The summed E-state index contributed by atoms with van der Waals surface area (Å²) in [4.78, 5) is 19.7. The minimum atomic E-state index is -0.0952. The molecule has 4 nitrogen and oxygen atoms in total. The Balaban J connectivity index is 1.67. The van der Waals surface area contributed by atoms with Crippen molar-refractivity contribution in [2.24, 2.45) is 11.8 Å². The van der Waals surface area contributed by atoms with Crippen LogP contribution in [0.15, 0.2) is 4.79 Å². The Labute approximate surface area is 118 Å². The molecule has 2 N–H and O–H groups in total. The molecule has 1 aromatic heterocycles. The number of aromatic amines is 1. The SMILES string of the molecule is O=c1[nH]c(C2CC3CCC2C3)nc(O)c1C1CCCC1. The number of aromatic nitrogens is 2. The first-order valence-corrected chi connectivity index (χ1v) is 8.05. The van der Waals surface area contributed by atoms with Crippen LogP contribution >= 0.6 is 0 Å². The lowest BCUT2D eigenvalue weighted by Crippen LogP contribution is -2.22. The van der Waals surface area contributed by atoms with Crippen molar-refractivity contribution in [1.29, 1.82) is 0 Å². The zero-order valence-corrected chi connectivity index (χ0v) is 11.8. The van der Waals surface area contributed by atoms with Crippen LogP contribution in [0.1, 0.15) is 74.6 Å². The smallest absolute Gasteiger partial charge is 0.258 e. The van der Waals surface area contributed by atoms with E-state index in [1.807, 2.05) is 0 Å². The topological polar surface area (TPSA) is 66.0 Å². The number of nitrogens with one attached hydrogen (secondary N) is 1. The maximum Gasteiger partial charge on any atom is 0.258 e. The van der Waals surface area contributed by atoms with E-state index in [0.717, 1.165) is 43.8 Å². The Morgan fingerprint density at radius 2 is 1.90 bits per heavy atom. The molecule has 0 radical (unpaired) electrons. The summed E-state index contributed by atoms with van der Waals surface area (Å²) in [5.74, 6) is 2.79. The summed E-state index contributed by atoms with van der Waals surface area (Å²) in [6.45, 7) is 0. The molecule has 108 valence electrons. The number of hydrogen-bond donors (Lipinski definition) is 2. The number of fused-ring (bicyclic) bond motifs is 2. The van der Waals surface area contributed by atoms with E-state index in [-0.39, 0.29) is 17.4 Å². The van der Waals surface area contributed by atoms with Crippen LogP contribution in [0.3, 0.4) is 0 Å². The van der Waals surface area contributed by atoms with Crippen LogP contribution in [0.25, 0.3) is 0 Å². The van der Waals surface area contributed by atoms with Gasteiger partial charge in [0, 0.05) is 5.92 Å². The summed E-state index contributed by atoms with van der Waals surface area (Å²) in [6.07, 6.45) is 9.31. The maximum atomic E-state index is 12.4. The van der Waals surface area contributed by atoms with E-state index in [4.69, 9.17) is 0 Å². The summed E-state index contributed by atoms with van der Waals surface area (Å²) < 4.78 is 0. The maximum absolute atomic E-state index is 12.4. The van der Waals surface area contributed by atoms with Crippen LogP contribution < -0.4 is 5.56 Å². The molecule has 3 atom stereocenters. The van der Waals surface area contributed by atoms with Gasteiger partial charge < -0.3 is 10.1 Å². The van der Waals surface area contributed by atoms with Crippen LogP contribution in [0, 0.1) is 11.8 Å². The van der Waals surface area contributed by atoms with Gasteiger partial charge in [0.25, 0.3) is 5.56 Å². The second kappa shape index (κ2) is 4.61. The van der Waals surface area contributed by atoms with E-state index >= 15 is 0 Å². The van der Waals surface area contributed by atoms with Crippen molar-refractivity contribution in [3.8, 4) is 5.88 Å². The van der Waals surface area contributed by atoms with Gasteiger partial charge in [-0.15, -0.1) is 0 Å². The van der Waals surface area contributed by atoms with E-state index in [2.05, 4.69) is 9.97 Å². The molecule has 0 spiro atoms. The fraction of sp³-hybridized carbons (Fsp3) is 0.750. The highest BCUT2D eigenvalue weighted by Crippen LogP contribution is 2.52. The average Bonchev–Trinajstić information content (AvgIpc) is 3.15. The molecule has 0 saturated heterocycles.